The Kier molecular flexibility index (Phi) is 2.94. The summed E-state index contributed by atoms with van der Waals surface area (Å²) in [5.41, 5.74) is 1.20. The number of hydrogen-bond acceptors (Lipinski definition) is 2. The molecule has 0 saturated carbocycles. The van der Waals surface area contributed by atoms with Crippen molar-refractivity contribution in [3.05, 3.63) is 12.3 Å². The molecule has 0 aromatic carbocycles. The van der Waals surface area contributed by atoms with Crippen LogP contribution in [-0.4, -0.2) is 29.2 Å². The van der Waals surface area contributed by atoms with E-state index in [0.717, 1.165) is 19.4 Å². The largest absolute Gasteiger partial charge is 0.394 e. The Hall–Kier alpha value is -0.500. The molecular formula is C9H17NO. The van der Waals surface area contributed by atoms with Crippen molar-refractivity contribution in [1.29, 1.82) is 0 Å². The third-order valence-electron chi connectivity index (χ3n) is 2.39. The molecule has 0 bridgehead atoms. The molecule has 1 aliphatic heterocycles. The summed E-state index contributed by atoms with van der Waals surface area (Å²) >= 11 is 0. The van der Waals surface area contributed by atoms with Crippen molar-refractivity contribution in [2.75, 3.05) is 13.2 Å². The first-order valence-corrected chi connectivity index (χ1v) is 4.34. The van der Waals surface area contributed by atoms with Gasteiger partial charge in [0, 0.05) is 12.2 Å². The zero-order valence-corrected chi connectivity index (χ0v) is 7.21. The van der Waals surface area contributed by atoms with Gasteiger partial charge in [-0.05, 0) is 19.3 Å². The van der Waals surface area contributed by atoms with Gasteiger partial charge in [-0.3, -0.25) is 0 Å². The number of aliphatic hydroxyl groups is 1. The summed E-state index contributed by atoms with van der Waals surface area (Å²) in [6.07, 6.45) is 3.32. The van der Waals surface area contributed by atoms with Gasteiger partial charge in [-0.1, -0.05) is 13.5 Å². The minimum absolute atomic E-state index is 0.259. The maximum atomic E-state index is 9.02. The maximum absolute atomic E-state index is 9.02. The Labute approximate surface area is 68.5 Å². The van der Waals surface area contributed by atoms with Gasteiger partial charge in [-0.25, -0.2) is 0 Å². The van der Waals surface area contributed by atoms with Crippen molar-refractivity contribution < 1.29 is 5.11 Å². The van der Waals surface area contributed by atoms with Crippen LogP contribution in [0.4, 0.5) is 0 Å². The molecule has 2 nitrogen and oxygen atoms in total. The number of nitrogens with zero attached hydrogens (tertiary/aromatic N) is 1. The molecule has 0 aliphatic carbocycles. The minimum atomic E-state index is 0.259. The highest BCUT2D eigenvalue weighted by Gasteiger charge is 2.21. The van der Waals surface area contributed by atoms with Crippen LogP contribution in [0.25, 0.3) is 0 Å². The van der Waals surface area contributed by atoms with Gasteiger partial charge in [0.15, 0.2) is 0 Å². The highest BCUT2D eigenvalue weighted by atomic mass is 16.3. The van der Waals surface area contributed by atoms with Gasteiger partial charge in [0.05, 0.1) is 12.6 Å². The van der Waals surface area contributed by atoms with Crippen molar-refractivity contribution in [3.8, 4) is 0 Å². The number of rotatable bonds is 3. The van der Waals surface area contributed by atoms with Gasteiger partial charge in [0.1, 0.15) is 0 Å². The van der Waals surface area contributed by atoms with Crippen LogP contribution < -0.4 is 0 Å². The smallest absolute Gasteiger partial charge is 0.0634 e. The summed E-state index contributed by atoms with van der Waals surface area (Å²) in [6, 6.07) is 0.310. The van der Waals surface area contributed by atoms with E-state index >= 15 is 0 Å². The van der Waals surface area contributed by atoms with Crippen molar-refractivity contribution >= 4 is 0 Å². The Morgan fingerprint density at radius 3 is 2.82 bits per heavy atom. The van der Waals surface area contributed by atoms with Crippen LogP contribution in [0.2, 0.25) is 0 Å². The second kappa shape index (κ2) is 3.77. The molecule has 1 N–H and O–H groups in total. The summed E-state index contributed by atoms with van der Waals surface area (Å²) in [6.45, 7) is 7.41. The summed E-state index contributed by atoms with van der Waals surface area (Å²) in [5, 5.41) is 9.02. The predicted octanol–water partition coefficient (Wildman–Crippen LogP) is 1.37. The second-order valence-corrected chi connectivity index (χ2v) is 3.11. The zero-order chi connectivity index (χ0) is 8.27. The first kappa shape index (κ1) is 8.60. The van der Waals surface area contributed by atoms with Gasteiger partial charge in [-0.2, -0.15) is 0 Å². The zero-order valence-electron chi connectivity index (χ0n) is 7.21. The number of hydrogen-bond donors (Lipinski definition) is 1. The predicted molar refractivity (Wildman–Crippen MR) is 46.2 cm³/mol. The fourth-order valence-corrected chi connectivity index (χ4v) is 1.64. The Morgan fingerprint density at radius 1 is 1.73 bits per heavy atom. The average Bonchev–Trinajstić information content (AvgIpc) is 2.40. The van der Waals surface area contributed by atoms with Crippen molar-refractivity contribution in [2.24, 2.45) is 0 Å². The lowest BCUT2D eigenvalue weighted by molar-refractivity contribution is 0.163. The topological polar surface area (TPSA) is 23.5 Å². The van der Waals surface area contributed by atoms with Crippen LogP contribution in [0.5, 0.6) is 0 Å². The molecule has 0 radical (unpaired) electrons. The molecular weight excluding hydrogens is 138 g/mol. The first-order chi connectivity index (χ1) is 5.29. The van der Waals surface area contributed by atoms with Crippen LogP contribution in [0.3, 0.4) is 0 Å². The van der Waals surface area contributed by atoms with E-state index in [1.807, 2.05) is 0 Å². The lowest BCUT2D eigenvalue weighted by Crippen LogP contribution is -2.33. The first-order valence-electron chi connectivity index (χ1n) is 4.34. The van der Waals surface area contributed by atoms with Crippen LogP contribution >= 0.6 is 0 Å². The lowest BCUT2D eigenvalue weighted by atomic mass is 10.2. The third kappa shape index (κ3) is 1.74. The Bertz CT molecular complexity index is 140. The second-order valence-electron chi connectivity index (χ2n) is 3.11. The summed E-state index contributed by atoms with van der Waals surface area (Å²) in [5.74, 6) is 0. The standard InChI is InChI=1S/C9H17NO/c1-3-9(7-11)10-6-4-5-8(10)2/h9,11H,2-7H2,1H3. The van der Waals surface area contributed by atoms with Gasteiger partial charge in [-0.15, -0.1) is 0 Å². The number of allylic oxidation sites excluding steroid dienone is 1. The molecule has 64 valence electrons. The molecule has 2 heteroatoms. The van der Waals surface area contributed by atoms with Crippen molar-refractivity contribution in [1.82, 2.24) is 4.90 Å². The summed E-state index contributed by atoms with van der Waals surface area (Å²) in [4.78, 5) is 2.24. The van der Waals surface area contributed by atoms with E-state index in [0.29, 0.717) is 6.04 Å². The minimum Gasteiger partial charge on any atom is -0.394 e. The van der Waals surface area contributed by atoms with Gasteiger partial charge < -0.3 is 10.0 Å². The van der Waals surface area contributed by atoms with E-state index in [2.05, 4.69) is 18.4 Å². The van der Waals surface area contributed by atoms with Crippen molar-refractivity contribution in [2.45, 2.75) is 32.2 Å². The van der Waals surface area contributed by atoms with E-state index in [9.17, 15) is 0 Å². The highest BCUT2D eigenvalue weighted by Crippen LogP contribution is 2.22. The monoisotopic (exact) mass is 155 g/mol. The Morgan fingerprint density at radius 2 is 2.45 bits per heavy atom. The average molecular weight is 155 g/mol. The normalized spacial score (nSPS) is 20.9. The lowest BCUT2D eigenvalue weighted by Gasteiger charge is -2.27. The molecule has 1 unspecified atom stereocenters. The van der Waals surface area contributed by atoms with E-state index in [1.54, 1.807) is 0 Å². The van der Waals surface area contributed by atoms with Crippen LogP contribution in [0.1, 0.15) is 26.2 Å². The fraction of sp³-hybridized carbons (Fsp3) is 0.778. The molecule has 1 heterocycles. The van der Waals surface area contributed by atoms with Gasteiger partial charge in [0.25, 0.3) is 0 Å². The van der Waals surface area contributed by atoms with E-state index in [-0.39, 0.29) is 6.61 Å². The molecule has 0 aromatic rings. The molecule has 0 amide bonds. The molecule has 1 atom stereocenters. The van der Waals surface area contributed by atoms with Gasteiger partial charge in [0.2, 0.25) is 0 Å². The van der Waals surface area contributed by atoms with E-state index in [4.69, 9.17) is 5.11 Å². The maximum Gasteiger partial charge on any atom is 0.0634 e. The molecule has 0 aromatic heterocycles. The molecule has 1 saturated heterocycles. The van der Waals surface area contributed by atoms with Crippen LogP contribution in [-0.2, 0) is 0 Å². The molecule has 11 heavy (non-hydrogen) atoms. The quantitative estimate of drug-likeness (QED) is 0.665. The third-order valence-corrected chi connectivity index (χ3v) is 2.39. The number of aliphatic hydroxyl groups excluding tert-OH is 1. The number of likely N-dealkylation sites (tertiary alicyclic amines) is 1. The molecule has 1 aliphatic rings. The molecule has 1 fully saturated rings. The van der Waals surface area contributed by atoms with E-state index < -0.39 is 0 Å². The SMILES string of the molecule is C=C1CCCN1C(CC)CO. The molecule has 0 spiro atoms. The highest BCUT2D eigenvalue weighted by molar-refractivity contribution is 5.01. The van der Waals surface area contributed by atoms with Crippen LogP contribution in [0.15, 0.2) is 12.3 Å². The van der Waals surface area contributed by atoms with E-state index in [1.165, 1.54) is 12.1 Å². The van der Waals surface area contributed by atoms with Crippen molar-refractivity contribution in [3.63, 3.8) is 0 Å². The molecule has 1 rings (SSSR count). The summed E-state index contributed by atoms with van der Waals surface area (Å²) < 4.78 is 0. The fourth-order valence-electron chi connectivity index (χ4n) is 1.64. The summed E-state index contributed by atoms with van der Waals surface area (Å²) in [7, 11) is 0. The Balaban J connectivity index is 2.49. The van der Waals surface area contributed by atoms with Gasteiger partial charge >= 0.3 is 0 Å². The van der Waals surface area contributed by atoms with Crippen LogP contribution in [0, 0.1) is 0 Å².